The highest BCUT2D eigenvalue weighted by molar-refractivity contribution is 5.77. The zero-order chi connectivity index (χ0) is 18.9. The molecule has 148 valence electrons. The minimum Gasteiger partial charge on any atom is -0.487 e. The molecule has 2 heterocycles. The van der Waals surface area contributed by atoms with E-state index in [2.05, 4.69) is 43.0 Å². The first kappa shape index (κ1) is 18.8. The minimum atomic E-state index is -0.0807. The molecule has 4 nitrogen and oxygen atoms in total. The quantitative estimate of drug-likeness (QED) is 0.757. The average molecular weight is 371 g/mol. The van der Waals surface area contributed by atoms with Crippen LogP contribution in [0.5, 0.6) is 5.75 Å². The molecule has 1 saturated carbocycles. The van der Waals surface area contributed by atoms with Crippen LogP contribution in [0.2, 0.25) is 0 Å². The number of rotatable bonds is 6. The minimum absolute atomic E-state index is 0.0807. The molecule has 0 radical (unpaired) electrons. The third kappa shape index (κ3) is 4.16. The van der Waals surface area contributed by atoms with Gasteiger partial charge in [-0.05, 0) is 63.5 Å². The number of piperidine rings is 1. The van der Waals surface area contributed by atoms with E-state index in [1.165, 1.54) is 24.9 Å². The maximum Gasteiger partial charge on any atom is 0.223 e. The van der Waals surface area contributed by atoms with Crippen molar-refractivity contribution < 1.29 is 9.53 Å². The Labute approximate surface area is 163 Å². The van der Waals surface area contributed by atoms with Crippen molar-refractivity contribution >= 4 is 5.91 Å². The third-order valence-corrected chi connectivity index (χ3v) is 6.82. The molecule has 1 amide bonds. The topological polar surface area (TPSA) is 32.8 Å². The highest BCUT2D eigenvalue weighted by atomic mass is 16.5. The molecule has 0 aromatic heterocycles. The van der Waals surface area contributed by atoms with Gasteiger partial charge in [-0.15, -0.1) is 0 Å². The van der Waals surface area contributed by atoms with E-state index in [9.17, 15) is 4.79 Å². The molecule has 0 N–H and O–H groups in total. The van der Waals surface area contributed by atoms with Gasteiger partial charge in [-0.3, -0.25) is 4.79 Å². The van der Waals surface area contributed by atoms with Gasteiger partial charge < -0.3 is 14.5 Å². The van der Waals surface area contributed by atoms with Crippen LogP contribution in [-0.2, 0) is 4.79 Å². The number of likely N-dealkylation sites (tertiary alicyclic amines) is 1. The van der Waals surface area contributed by atoms with Crippen LogP contribution >= 0.6 is 0 Å². The van der Waals surface area contributed by atoms with Gasteiger partial charge in [0.15, 0.2) is 0 Å². The van der Waals surface area contributed by atoms with E-state index in [0.29, 0.717) is 6.42 Å². The Balaban J connectivity index is 1.48. The number of para-hydroxylation sites is 1. The maximum absolute atomic E-state index is 12.8. The predicted octanol–water partition coefficient (Wildman–Crippen LogP) is 4.06. The second kappa shape index (κ2) is 7.83. The van der Waals surface area contributed by atoms with Crippen molar-refractivity contribution in [2.75, 3.05) is 32.7 Å². The summed E-state index contributed by atoms with van der Waals surface area (Å²) >= 11 is 0. The Hall–Kier alpha value is -1.55. The van der Waals surface area contributed by atoms with Crippen LogP contribution in [0.25, 0.3) is 0 Å². The van der Waals surface area contributed by atoms with Gasteiger partial charge in [-0.1, -0.05) is 18.2 Å². The normalized spacial score (nSPS) is 24.3. The summed E-state index contributed by atoms with van der Waals surface area (Å²) in [6.07, 6.45) is 6.60. The van der Waals surface area contributed by atoms with Crippen LogP contribution in [0.1, 0.15) is 63.9 Å². The molecule has 1 saturated heterocycles. The number of benzene rings is 1. The van der Waals surface area contributed by atoms with Crippen molar-refractivity contribution in [1.82, 2.24) is 9.80 Å². The first-order chi connectivity index (χ1) is 13.1. The number of hydrogen-bond acceptors (Lipinski definition) is 3. The lowest BCUT2D eigenvalue weighted by Gasteiger charge is -2.47. The van der Waals surface area contributed by atoms with Gasteiger partial charge in [-0.2, -0.15) is 0 Å². The molecule has 3 aliphatic rings. The fourth-order valence-corrected chi connectivity index (χ4v) is 4.96. The van der Waals surface area contributed by atoms with Gasteiger partial charge in [0, 0.05) is 45.1 Å². The van der Waals surface area contributed by atoms with Gasteiger partial charge in [-0.25, -0.2) is 0 Å². The summed E-state index contributed by atoms with van der Waals surface area (Å²) in [6.45, 7) is 9.26. The number of hydrogen-bond donors (Lipinski definition) is 0. The second-order valence-corrected chi connectivity index (χ2v) is 8.74. The van der Waals surface area contributed by atoms with Crippen LogP contribution < -0.4 is 4.74 Å². The van der Waals surface area contributed by atoms with Gasteiger partial charge in [0.25, 0.3) is 0 Å². The van der Waals surface area contributed by atoms with Crippen LogP contribution in [0.15, 0.2) is 24.3 Å². The Morgan fingerprint density at radius 3 is 2.56 bits per heavy atom. The van der Waals surface area contributed by atoms with E-state index in [1.807, 2.05) is 4.90 Å². The highest BCUT2D eigenvalue weighted by Crippen LogP contribution is 2.47. The Bertz CT molecular complexity index is 658. The molecule has 27 heavy (non-hydrogen) atoms. The van der Waals surface area contributed by atoms with Crippen LogP contribution in [0, 0.1) is 5.92 Å². The Kier molecular flexibility index (Phi) is 5.45. The van der Waals surface area contributed by atoms with Gasteiger partial charge in [0.1, 0.15) is 11.4 Å². The summed E-state index contributed by atoms with van der Waals surface area (Å²) in [4.78, 5) is 17.4. The summed E-state index contributed by atoms with van der Waals surface area (Å²) in [7, 11) is 0. The fourth-order valence-electron chi connectivity index (χ4n) is 4.96. The van der Waals surface area contributed by atoms with E-state index in [1.54, 1.807) is 0 Å². The van der Waals surface area contributed by atoms with E-state index in [0.717, 1.165) is 57.1 Å². The van der Waals surface area contributed by atoms with Gasteiger partial charge >= 0.3 is 0 Å². The molecule has 1 atom stereocenters. The van der Waals surface area contributed by atoms with E-state index in [4.69, 9.17) is 4.74 Å². The van der Waals surface area contributed by atoms with Crippen LogP contribution in [0.3, 0.4) is 0 Å². The van der Waals surface area contributed by atoms with Crippen molar-refractivity contribution in [3.63, 3.8) is 0 Å². The molecule has 4 rings (SSSR count). The Morgan fingerprint density at radius 2 is 1.89 bits per heavy atom. The van der Waals surface area contributed by atoms with E-state index in [-0.39, 0.29) is 17.4 Å². The molecule has 4 heteroatoms. The number of carbonyl (C=O) groups excluding carboxylic acids is 1. The molecule has 1 spiro atoms. The van der Waals surface area contributed by atoms with Crippen molar-refractivity contribution in [3.8, 4) is 5.75 Å². The molecule has 2 aliphatic heterocycles. The van der Waals surface area contributed by atoms with E-state index < -0.39 is 0 Å². The summed E-state index contributed by atoms with van der Waals surface area (Å²) in [5, 5.41) is 0. The van der Waals surface area contributed by atoms with Crippen molar-refractivity contribution in [1.29, 1.82) is 0 Å². The number of nitrogens with zero attached hydrogens (tertiary/aromatic N) is 2. The van der Waals surface area contributed by atoms with Gasteiger partial charge in [0.05, 0.1) is 0 Å². The standard InChI is InChI=1S/C23H34N2O2/c1-3-25(4-2)22(26)15-19-16-23(27-21-8-6-5-7-20(19)21)11-13-24(14-12-23)17-18-9-10-18/h5-8,18-19H,3-4,9-17H2,1-2H3/t19-/m1/s1. The number of fused-ring (bicyclic) bond motifs is 1. The molecule has 0 bridgehead atoms. The average Bonchev–Trinajstić information content (AvgIpc) is 3.49. The molecule has 2 fully saturated rings. The van der Waals surface area contributed by atoms with Gasteiger partial charge in [0.2, 0.25) is 5.91 Å². The summed E-state index contributed by atoms with van der Waals surface area (Å²) in [6, 6.07) is 8.39. The fraction of sp³-hybridized carbons (Fsp3) is 0.696. The van der Waals surface area contributed by atoms with E-state index >= 15 is 0 Å². The smallest absolute Gasteiger partial charge is 0.223 e. The zero-order valence-corrected chi connectivity index (χ0v) is 17.0. The predicted molar refractivity (Wildman–Crippen MR) is 108 cm³/mol. The Morgan fingerprint density at radius 1 is 1.19 bits per heavy atom. The SMILES string of the molecule is CCN(CC)C(=O)C[C@@H]1CC2(CCN(CC3CC3)CC2)Oc2ccccc21. The molecular weight excluding hydrogens is 336 g/mol. The molecule has 1 aromatic carbocycles. The number of amides is 1. The molecule has 1 aromatic rings. The lowest BCUT2D eigenvalue weighted by Crippen LogP contribution is -2.51. The van der Waals surface area contributed by atoms with Crippen LogP contribution in [-0.4, -0.2) is 54.0 Å². The summed E-state index contributed by atoms with van der Waals surface area (Å²) < 4.78 is 6.60. The van der Waals surface area contributed by atoms with Crippen LogP contribution in [0.4, 0.5) is 0 Å². The highest BCUT2D eigenvalue weighted by Gasteiger charge is 2.44. The monoisotopic (exact) mass is 370 g/mol. The summed E-state index contributed by atoms with van der Waals surface area (Å²) in [5.74, 6) is 2.52. The van der Waals surface area contributed by atoms with Crippen molar-refractivity contribution in [2.24, 2.45) is 5.92 Å². The lowest BCUT2D eigenvalue weighted by molar-refractivity contribution is -0.131. The molecule has 1 aliphatic carbocycles. The number of ether oxygens (including phenoxy) is 1. The van der Waals surface area contributed by atoms with Crippen molar-refractivity contribution in [3.05, 3.63) is 29.8 Å². The van der Waals surface area contributed by atoms with Crippen molar-refractivity contribution in [2.45, 2.75) is 63.9 Å². The molecular formula is C23H34N2O2. The molecule has 0 unspecified atom stereocenters. The number of carbonyl (C=O) groups is 1. The first-order valence-corrected chi connectivity index (χ1v) is 10.9. The lowest BCUT2D eigenvalue weighted by atomic mass is 9.76. The largest absolute Gasteiger partial charge is 0.487 e. The second-order valence-electron chi connectivity index (χ2n) is 8.74. The third-order valence-electron chi connectivity index (χ3n) is 6.82. The first-order valence-electron chi connectivity index (χ1n) is 10.9. The zero-order valence-electron chi connectivity index (χ0n) is 17.0. The maximum atomic E-state index is 12.8. The summed E-state index contributed by atoms with van der Waals surface area (Å²) in [5.41, 5.74) is 1.15.